The van der Waals surface area contributed by atoms with E-state index in [4.69, 9.17) is 48.4 Å². The van der Waals surface area contributed by atoms with Crippen molar-refractivity contribution in [2.75, 3.05) is 38.3 Å². The standard InChI is InChI=1S/C23H19BrFN7O2.C23H18FN7O2.C13H11BrFN3O3.C10H10N4/c1-13(34-22-21(27)28-9-19(24)30-22)18-7-15(25)4-5-17(18)23(33)31(2)11-16-12-32-10-14(8-26)3-6-20(32)29-16;1-12-16-7-14(24)4-5-15(16)23(32)30(2)11-18-20(17-9-27-21(26)22(29-17)33-12)31-10-13(8-25)3-6-19(31)28-18;1-6(21-12-11(16)17-5-10(14)18-12)9-4-7(15)2-3-8(9)13(19)20;1-11-5-9-7-14-6-8(12-2)3-4-10(14)13-9/h3-7,9-10,12-13H,11H2,1-2H3,(H2,27,28);3-7,9-10,12H,11H2,1-2H3,(H2,26,27);2-6H,1H3,(H2,16,17)(H,19,20);3-4,6-7,11H,5H2,1H3/t13-;12-;6-;/m111./s1. The van der Waals surface area contributed by atoms with E-state index in [2.05, 4.69) is 99.0 Å². The molecule has 1 aliphatic rings. The summed E-state index contributed by atoms with van der Waals surface area (Å²) in [5, 5.41) is 30.6. The number of imidazole rings is 3. The van der Waals surface area contributed by atoms with Gasteiger partial charge >= 0.3 is 5.97 Å². The van der Waals surface area contributed by atoms with Crippen molar-refractivity contribution in [1.29, 1.82) is 10.5 Å². The van der Waals surface area contributed by atoms with Crippen molar-refractivity contribution in [3.63, 3.8) is 0 Å². The van der Waals surface area contributed by atoms with Gasteiger partial charge < -0.3 is 60.4 Å². The van der Waals surface area contributed by atoms with Gasteiger partial charge in [0.1, 0.15) is 79.7 Å². The molecule has 102 heavy (non-hydrogen) atoms. The van der Waals surface area contributed by atoms with E-state index in [1.807, 2.05) is 23.7 Å². The van der Waals surface area contributed by atoms with Gasteiger partial charge in [-0.3, -0.25) is 14.0 Å². The number of amides is 2. The number of anilines is 3. The molecule has 13 rings (SSSR count). The van der Waals surface area contributed by atoms with Crippen LogP contribution in [0.5, 0.6) is 17.6 Å². The summed E-state index contributed by atoms with van der Waals surface area (Å²) < 4.78 is 64.9. The number of carbonyl (C=O) groups is 3. The second-order valence-corrected chi connectivity index (χ2v) is 24.2. The third kappa shape index (κ3) is 16.7. The lowest BCUT2D eigenvalue weighted by molar-refractivity contribution is 0.0689. The molecule has 0 radical (unpaired) electrons. The molecular formula is C69H58Br2F3N21O7. The van der Waals surface area contributed by atoms with E-state index in [1.54, 1.807) is 98.8 Å². The smallest absolute Gasteiger partial charge is 0.336 e. The summed E-state index contributed by atoms with van der Waals surface area (Å²) in [6.45, 7) is 12.9. The minimum Gasteiger partial charge on any atom is -0.478 e. The first-order valence-corrected chi connectivity index (χ1v) is 32.0. The van der Waals surface area contributed by atoms with Crippen LogP contribution in [0.3, 0.4) is 0 Å². The van der Waals surface area contributed by atoms with Crippen molar-refractivity contribution in [3.8, 4) is 41.2 Å². The lowest BCUT2D eigenvalue weighted by atomic mass is 10.0. The van der Waals surface area contributed by atoms with Gasteiger partial charge in [0, 0.05) is 79.4 Å². The highest BCUT2D eigenvalue weighted by molar-refractivity contribution is 9.10. The van der Waals surface area contributed by atoms with Crippen LogP contribution >= 0.6 is 31.9 Å². The molecular weight excluding hydrogens is 1450 g/mol. The van der Waals surface area contributed by atoms with Crippen LogP contribution in [-0.4, -0.2) is 112 Å². The maximum atomic E-state index is 14.1. The second kappa shape index (κ2) is 31.5. The molecule has 9 aromatic heterocycles. The number of nitrogens with one attached hydrogen (secondary N) is 1. The molecule has 1 aliphatic heterocycles. The van der Waals surface area contributed by atoms with Gasteiger partial charge in [0.25, 0.3) is 29.5 Å². The van der Waals surface area contributed by atoms with Crippen molar-refractivity contribution < 1.29 is 46.9 Å². The average Bonchev–Trinajstić information content (AvgIpc) is 1.58. The van der Waals surface area contributed by atoms with Crippen LogP contribution in [-0.2, 0) is 19.6 Å². The van der Waals surface area contributed by atoms with Gasteiger partial charge in [-0.2, -0.15) is 10.5 Å². The number of ether oxygens (including phenoxy) is 3. The van der Waals surface area contributed by atoms with Crippen LogP contribution in [0.2, 0.25) is 0 Å². The number of hydrogen-bond donors (Lipinski definition) is 5. The summed E-state index contributed by atoms with van der Waals surface area (Å²) in [5.41, 5.74) is 25.7. The first kappa shape index (κ1) is 72.1. The maximum Gasteiger partial charge on any atom is 0.336 e. The number of carbonyl (C=O) groups excluding carboxylic acids is 2. The largest absolute Gasteiger partial charge is 0.478 e. The summed E-state index contributed by atoms with van der Waals surface area (Å²) >= 11 is 6.34. The van der Waals surface area contributed by atoms with E-state index in [9.17, 15) is 32.8 Å². The number of nitrogens with two attached hydrogens (primary N) is 3. The maximum absolute atomic E-state index is 14.1. The lowest BCUT2D eigenvalue weighted by Gasteiger charge is -2.23. The third-order valence-corrected chi connectivity index (χ3v) is 16.1. The van der Waals surface area contributed by atoms with E-state index in [0.29, 0.717) is 76.8 Å². The fraction of sp³-hybridized carbons (Fsp3) is 0.174. The van der Waals surface area contributed by atoms with Gasteiger partial charge in [0.2, 0.25) is 5.69 Å². The molecule has 2 bridgehead atoms. The molecule has 0 spiro atoms. The van der Waals surface area contributed by atoms with E-state index in [1.165, 1.54) is 70.9 Å². The summed E-state index contributed by atoms with van der Waals surface area (Å²) in [6, 6.07) is 25.8. The van der Waals surface area contributed by atoms with Gasteiger partial charge in [-0.15, -0.1) is 0 Å². The minimum absolute atomic E-state index is 0.0393. The number of pyridine rings is 3. The fourth-order valence-corrected chi connectivity index (χ4v) is 11.0. The molecule has 33 heteroatoms. The van der Waals surface area contributed by atoms with E-state index < -0.39 is 41.7 Å². The molecule has 0 saturated heterocycles. The molecule has 0 saturated carbocycles. The SMILES string of the molecule is C[C@@H](Oc1nc(Br)cnc1N)c1cc(F)ccc1C(=O)N(C)Cc1cn2cc(C#N)ccc2n1.C[C@@H](Oc1nc(Br)cnc1N)c1cc(F)ccc1C(=O)O.C[C@H]1Oc2nc(cnc2N)-c2c(nc3ccc(C#N)cn23)CN(C)C(=O)c2ccc(F)cc21.[C-]#[N+]c1ccc2nc(CNC)cn2c1. The van der Waals surface area contributed by atoms with Gasteiger partial charge in [0.05, 0.1) is 77.7 Å². The average molecular weight is 1510 g/mol. The van der Waals surface area contributed by atoms with Crippen LogP contribution in [0.15, 0.2) is 150 Å². The van der Waals surface area contributed by atoms with Crippen LogP contribution in [0.25, 0.3) is 33.2 Å². The molecule has 12 aromatic rings. The predicted octanol–water partition coefficient (Wildman–Crippen LogP) is 11.4. The highest BCUT2D eigenvalue weighted by Gasteiger charge is 2.29. The Bertz CT molecular complexity index is 5350. The highest BCUT2D eigenvalue weighted by Crippen LogP contribution is 2.35. The zero-order chi connectivity index (χ0) is 73.2. The molecule has 0 unspecified atom stereocenters. The topological polar surface area (TPSA) is 377 Å². The molecule has 516 valence electrons. The van der Waals surface area contributed by atoms with Gasteiger partial charge in [-0.1, -0.05) is 6.07 Å². The first-order chi connectivity index (χ1) is 48.8. The zero-order valence-corrected chi connectivity index (χ0v) is 57.9. The number of benzene rings is 3. The molecule has 0 aliphatic carbocycles. The number of aromatic nitrogens is 12. The zero-order valence-electron chi connectivity index (χ0n) is 54.8. The number of rotatable bonds is 12. The Balaban J connectivity index is 0.000000154. The van der Waals surface area contributed by atoms with Crippen molar-refractivity contribution in [3.05, 3.63) is 240 Å². The fourth-order valence-electron chi connectivity index (χ4n) is 10.5. The Kier molecular flexibility index (Phi) is 22.3. The quantitative estimate of drug-likeness (QED) is 0.0709. The third-order valence-electron chi connectivity index (χ3n) is 15.3. The van der Waals surface area contributed by atoms with Gasteiger partial charge in [-0.25, -0.2) is 67.7 Å². The Morgan fingerprint density at radius 2 is 1.28 bits per heavy atom. The minimum atomic E-state index is -1.17. The summed E-state index contributed by atoms with van der Waals surface area (Å²) in [4.78, 5) is 82.4. The van der Waals surface area contributed by atoms with Crippen molar-refractivity contribution in [1.82, 2.24) is 73.2 Å². The van der Waals surface area contributed by atoms with Crippen LogP contribution < -0.4 is 36.7 Å². The van der Waals surface area contributed by atoms with Gasteiger partial charge in [0.15, 0.2) is 17.5 Å². The number of carboxylic acid groups (broad SMARTS) is 1. The molecule has 0 fully saturated rings. The number of hydrogen-bond acceptors (Lipinski definition) is 21. The Labute approximate surface area is 595 Å². The molecule has 28 nitrogen and oxygen atoms in total. The number of nitrogen functional groups attached to an aromatic ring is 3. The Hall–Kier alpha value is -12.6. The monoisotopic (exact) mass is 1510 g/mol. The number of carboxylic acids is 1. The highest BCUT2D eigenvalue weighted by atomic mass is 79.9. The van der Waals surface area contributed by atoms with Gasteiger partial charge in [-0.05, 0) is 145 Å². The van der Waals surface area contributed by atoms with Crippen LogP contribution in [0.1, 0.15) is 115 Å². The van der Waals surface area contributed by atoms with E-state index in [0.717, 1.165) is 30.0 Å². The lowest BCUT2D eigenvalue weighted by Crippen LogP contribution is -2.28. The molecule has 3 atom stereocenters. The normalized spacial score (nSPS) is 12.8. The molecule has 2 amide bonds. The predicted molar refractivity (Wildman–Crippen MR) is 373 cm³/mol. The molecule has 8 N–H and O–H groups in total. The van der Waals surface area contributed by atoms with Crippen molar-refractivity contribution in [2.24, 2.45) is 0 Å². The van der Waals surface area contributed by atoms with Crippen LogP contribution in [0, 0.1) is 46.7 Å². The number of fused-ring (bicyclic) bond motifs is 9. The van der Waals surface area contributed by atoms with Crippen molar-refractivity contribution >= 4 is 89.7 Å². The van der Waals surface area contributed by atoms with Crippen LogP contribution in [0.4, 0.5) is 36.3 Å². The first-order valence-electron chi connectivity index (χ1n) is 30.4. The number of nitriles is 2. The molecule has 10 heterocycles. The van der Waals surface area contributed by atoms with Crippen molar-refractivity contribution in [2.45, 2.75) is 58.7 Å². The number of halogens is 5. The summed E-state index contributed by atoms with van der Waals surface area (Å²) in [5.74, 6) is -3.04. The van der Waals surface area contributed by atoms with E-state index >= 15 is 0 Å². The Morgan fingerprint density at radius 1 is 0.735 bits per heavy atom. The van der Waals surface area contributed by atoms with E-state index in [-0.39, 0.29) is 76.7 Å². The second-order valence-electron chi connectivity index (χ2n) is 22.5. The molecule has 3 aromatic carbocycles. The Morgan fingerprint density at radius 3 is 1.90 bits per heavy atom. The summed E-state index contributed by atoms with van der Waals surface area (Å²) in [6.07, 6.45) is 10.9. The number of aromatic carboxylic acids is 1. The summed E-state index contributed by atoms with van der Waals surface area (Å²) in [7, 11) is 5.15. The number of nitrogens with zero attached hydrogens (tertiary/aromatic N) is 17.